The van der Waals surface area contributed by atoms with E-state index in [0.717, 1.165) is 30.9 Å². The van der Waals surface area contributed by atoms with Gasteiger partial charge in [-0.3, -0.25) is 4.90 Å². The molecule has 2 aliphatic heterocycles. The molecule has 1 aromatic carbocycles. The monoisotopic (exact) mass is 241 g/mol. The van der Waals surface area contributed by atoms with E-state index < -0.39 is 0 Å². The number of piperazine rings is 1. The SMILES string of the molecule is Cc1cccc(C#N)c1N1CCN2CCCC2C1. The maximum Gasteiger partial charge on any atom is 0.101 e. The fourth-order valence-electron chi connectivity index (χ4n) is 3.36. The molecule has 3 rings (SSSR count). The van der Waals surface area contributed by atoms with Gasteiger partial charge in [0.1, 0.15) is 6.07 Å². The van der Waals surface area contributed by atoms with E-state index in [9.17, 15) is 5.26 Å². The van der Waals surface area contributed by atoms with E-state index >= 15 is 0 Å². The number of rotatable bonds is 1. The summed E-state index contributed by atoms with van der Waals surface area (Å²) in [6.07, 6.45) is 2.64. The van der Waals surface area contributed by atoms with Crippen LogP contribution < -0.4 is 4.90 Å². The summed E-state index contributed by atoms with van der Waals surface area (Å²) < 4.78 is 0. The van der Waals surface area contributed by atoms with Crippen LogP contribution in [0.4, 0.5) is 5.69 Å². The molecule has 0 radical (unpaired) electrons. The molecule has 1 aromatic rings. The predicted octanol–water partition coefficient (Wildman–Crippen LogP) is 2.15. The van der Waals surface area contributed by atoms with Crippen molar-refractivity contribution in [3.05, 3.63) is 29.3 Å². The molecule has 1 atom stereocenters. The van der Waals surface area contributed by atoms with Crippen LogP contribution in [0.5, 0.6) is 0 Å². The quantitative estimate of drug-likeness (QED) is 0.754. The fraction of sp³-hybridized carbons (Fsp3) is 0.533. The van der Waals surface area contributed by atoms with Gasteiger partial charge in [-0.15, -0.1) is 0 Å². The number of para-hydroxylation sites is 1. The maximum atomic E-state index is 9.27. The topological polar surface area (TPSA) is 30.3 Å². The lowest BCUT2D eigenvalue weighted by Crippen LogP contribution is -2.50. The number of benzene rings is 1. The van der Waals surface area contributed by atoms with Crippen LogP contribution >= 0.6 is 0 Å². The van der Waals surface area contributed by atoms with Gasteiger partial charge >= 0.3 is 0 Å². The van der Waals surface area contributed by atoms with Crippen LogP contribution in [0, 0.1) is 18.3 Å². The second kappa shape index (κ2) is 4.62. The van der Waals surface area contributed by atoms with Gasteiger partial charge in [-0.2, -0.15) is 5.26 Å². The van der Waals surface area contributed by atoms with E-state index in [1.807, 2.05) is 12.1 Å². The molecule has 0 aromatic heterocycles. The number of nitrogens with zero attached hydrogens (tertiary/aromatic N) is 3. The minimum absolute atomic E-state index is 0.699. The van der Waals surface area contributed by atoms with Crippen LogP contribution in [0.15, 0.2) is 18.2 Å². The molecular formula is C15H19N3. The van der Waals surface area contributed by atoms with E-state index in [-0.39, 0.29) is 0 Å². The summed E-state index contributed by atoms with van der Waals surface area (Å²) in [7, 11) is 0. The minimum Gasteiger partial charge on any atom is -0.367 e. The van der Waals surface area contributed by atoms with Gasteiger partial charge < -0.3 is 4.90 Å². The lowest BCUT2D eigenvalue weighted by atomic mass is 10.0. The molecular weight excluding hydrogens is 222 g/mol. The van der Waals surface area contributed by atoms with Crippen LogP contribution in [0.25, 0.3) is 0 Å². The third-order valence-corrected chi connectivity index (χ3v) is 4.26. The second-order valence-corrected chi connectivity index (χ2v) is 5.36. The van der Waals surface area contributed by atoms with Crippen molar-refractivity contribution in [2.24, 2.45) is 0 Å². The minimum atomic E-state index is 0.699. The Balaban J connectivity index is 1.89. The number of hydrogen-bond donors (Lipinski definition) is 0. The highest BCUT2D eigenvalue weighted by Crippen LogP contribution is 2.29. The summed E-state index contributed by atoms with van der Waals surface area (Å²) in [6, 6.07) is 9.05. The molecule has 3 heteroatoms. The molecule has 0 spiro atoms. The Kier molecular flexibility index (Phi) is 2.97. The summed E-state index contributed by atoms with van der Waals surface area (Å²) in [5.74, 6) is 0. The summed E-state index contributed by atoms with van der Waals surface area (Å²) >= 11 is 0. The Morgan fingerprint density at radius 1 is 1.28 bits per heavy atom. The molecule has 3 nitrogen and oxygen atoms in total. The molecule has 0 N–H and O–H groups in total. The third kappa shape index (κ3) is 1.87. The average molecular weight is 241 g/mol. The number of hydrogen-bond acceptors (Lipinski definition) is 3. The molecule has 18 heavy (non-hydrogen) atoms. The highest BCUT2D eigenvalue weighted by atomic mass is 15.3. The molecule has 2 heterocycles. The predicted molar refractivity (Wildman–Crippen MR) is 72.7 cm³/mol. The molecule has 2 aliphatic rings. The Bertz CT molecular complexity index is 489. The first-order valence-corrected chi connectivity index (χ1v) is 6.78. The van der Waals surface area contributed by atoms with Crippen LogP contribution in [0.2, 0.25) is 0 Å². The molecule has 0 aliphatic carbocycles. The molecule has 0 saturated carbocycles. The largest absolute Gasteiger partial charge is 0.367 e. The van der Waals surface area contributed by atoms with Gasteiger partial charge in [0, 0.05) is 25.7 Å². The molecule has 2 fully saturated rings. The standard InChI is InChI=1S/C15H19N3/c1-12-4-2-5-13(10-16)15(12)18-9-8-17-7-3-6-14(17)11-18/h2,4-5,14H,3,6-9,11H2,1H3. The maximum absolute atomic E-state index is 9.27. The zero-order chi connectivity index (χ0) is 12.5. The van der Waals surface area contributed by atoms with Crippen molar-refractivity contribution in [2.45, 2.75) is 25.8 Å². The van der Waals surface area contributed by atoms with Gasteiger partial charge in [0.15, 0.2) is 0 Å². The lowest BCUT2D eigenvalue weighted by molar-refractivity contribution is 0.231. The van der Waals surface area contributed by atoms with Gasteiger partial charge in [-0.05, 0) is 37.9 Å². The van der Waals surface area contributed by atoms with Crippen molar-refractivity contribution in [2.75, 3.05) is 31.1 Å². The number of nitriles is 1. The van der Waals surface area contributed by atoms with E-state index in [1.54, 1.807) is 0 Å². The summed E-state index contributed by atoms with van der Waals surface area (Å²) in [6.45, 7) is 6.65. The molecule has 1 unspecified atom stereocenters. The number of aryl methyl sites for hydroxylation is 1. The first-order valence-electron chi connectivity index (χ1n) is 6.78. The van der Waals surface area contributed by atoms with Crippen molar-refractivity contribution in [3.63, 3.8) is 0 Å². The Labute approximate surface area is 109 Å². The number of anilines is 1. The smallest absolute Gasteiger partial charge is 0.101 e. The Morgan fingerprint density at radius 3 is 3.00 bits per heavy atom. The van der Waals surface area contributed by atoms with Crippen LogP contribution in [-0.4, -0.2) is 37.1 Å². The molecule has 0 bridgehead atoms. The Morgan fingerprint density at radius 2 is 2.17 bits per heavy atom. The highest BCUT2D eigenvalue weighted by molar-refractivity contribution is 5.64. The van der Waals surface area contributed by atoms with Gasteiger partial charge in [0.05, 0.1) is 11.3 Å². The van der Waals surface area contributed by atoms with Gasteiger partial charge in [0.2, 0.25) is 0 Å². The molecule has 0 amide bonds. The van der Waals surface area contributed by atoms with Crippen LogP contribution in [-0.2, 0) is 0 Å². The summed E-state index contributed by atoms with van der Waals surface area (Å²) in [4.78, 5) is 5.02. The Hall–Kier alpha value is -1.53. The molecule has 94 valence electrons. The first-order chi connectivity index (χ1) is 8.79. The van der Waals surface area contributed by atoms with Gasteiger partial charge in [-0.25, -0.2) is 0 Å². The fourth-order valence-corrected chi connectivity index (χ4v) is 3.36. The van der Waals surface area contributed by atoms with Crippen LogP contribution in [0.3, 0.4) is 0 Å². The zero-order valence-electron chi connectivity index (χ0n) is 10.9. The van der Waals surface area contributed by atoms with E-state index in [1.165, 1.54) is 24.9 Å². The van der Waals surface area contributed by atoms with Gasteiger partial charge in [-0.1, -0.05) is 12.1 Å². The lowest BCUT2D eigenvalue weighted by Gasteiger charge is -2.39. The summed E-state index contributed by atoms with van der Waals surface area (Å²) in [5.41, 5.74) is 3.20. The van der Waals surface area contributed by atoms with Crippen molar-refractivity contribution in [1.29, 1.82) is 5.26 Å². The van der Waals surface area contributed by atoms with E-state index in [4.69, 9.17) is 0 Å². The van der Waals surface area contributed by atoms with Crippen molar-refractivity contribution < 1.29 is 0 Å². The van der Waals surface area contributed by atoms with Crippen molar-refractivity contribution >= 4 is 5.69 Å². The molecule has 2 saturated heterocycles. The first kappa shape index (κ1) is 11.6. The van der Waals surface area contributed by atoms with E-state index in [0.29, 0.717) is 6.04 Å². The third-order valence-electron chi connectivity index (χ3n) is 4.26. The summed E-state index contributed by atoms with van der Waals surface area (Å²) in [5, 5.41) is 9.27. The average Bonchev–Trinajstić information content (AvgIpc) is 2.85. The van der Waals surface area contributed by atoms with E-state index in [2.05, 4.69) is 28.9 Å². The van der Waals surface area contributed by atoms with Gasteiger partial charge in [0.25, 0.3) is 0 Å². The van der Waals surface area contributed by atoms with Crippen LogP contribution in [0.1, 0.15) is 24.0 Å². The van der Waals surface area contributed by atoms with Crippen molar-refractivity contribution in [3.8, 4) is 6.07 Å². The second-order valence-electron chi connectivity index (χ2n) is 5.36. The highest BCUT2D eigenvalue weighted by Gasteiger charge is 2.31. The normalized spacial score (nSPS) is 23.8. The zero-order valence-corrected chi connectivity index (χ0v) is 10.9. The number of fused-ring (bicyclic) bond motifs is 1. The van der Waals surface area contributed by atoms with Crippen molar-refractivity contribution in [1.82, 2.24) is 4.90 Å².